The van der Waals surface area contributed by atoms with E-state index in [4.69, 9.17) is 11.6 Å². The van der Waals surface area contributed by atoms with E-state index in [9.17, 15) is 13.2 Å². The summed E-state index contributed by atoms with van der Waals surface area (Å²) in [4.78, 5) is 0. The van der Waals surface area contributed by atoms with Crippen molar-refractivity contribution in [1.29, 1.82) is 0 Å². The summed E-state index contributed by atoms with van der Waals surface area (Å²) in [6.07, 6.45) is -4.11. The van der Waals surface area contributed by atoms with E-state index in [-0.39, 0.29) is 5.69 Å². The number of benzene rings is 1. The highest BCUT2D eigenvalue weighted by Crippen LogP contribution is 2.33. The number of rotatable bonds is 3. The fraction of sp³-hybridized carbons (Fsp3) is 0.333. The average Bonchev–Trinajstić information content (AvgIpc) is 2.30. The largest absolute Gasteiger partial charge is 0.416 e. The van der Waals surface area contributed by atoms with Crippen LogP contribution in [0.25, 0.3) is 0 Å². The summed E-state index contributed by atoms with van der Waals surface area (Å²) < 4.78 is 37.8. The van der Waals surface area contributed by atoms with Crippen LogP contribution in [0.4, 0.5) is 18.9 Å². The minimum atomic E-state index is -4.40. The molecule has 0 heterocycles. The average molecular weight is 257 g/mol. The van der Waals surface area contributed by atoms with Gasteiger partial charge < -0.3 is 5.73 Å². The Hall–Kier alpha value is -1.71. The first-order valence-electron chi connectivity index (χ1n) is 5.22. The maximum absolute atomic E-state index is 12.6. The fourth-order valence-corrected chi connectivity index (χ4v) is 1.52. The van der Waals surface area contributed by atoms with E-state index in [0.29, 0.717) is 12.0 Å². The lowest BCUT2D eigenvalue weighted by Crippen LogP contribution is -2.28. The molecule has 1 aromatic carbocycles. The van der Waals surface area contributed by atoms with Crippen LogP contribution in [-0.4, -0.2) is 0 Å². The molecule has 1 unspecified atom stereocenters. The van der Waals surface area contributed by atoms with E-state index in [2.05, 4.69) is 17.3 Å². The highest BCUT2D eigenvalue weighted by Gasteiger charge is 2.31. The third-order valence-electron chi connectivity index (χ3n) is 2.47. The minimum absolute atomic E-state index is 0.254. The molecule has 0 aliphatic heterocycles. The highest BCUT2D eigenvalue weighted by atomic mass is 19.4. The lowest BCUT2D eigenvalue weighted by atomic mass is 9.99. The molecule has 0 aliphatic rings. The van der Waals surface area contributed by atoms with Crippen LogP contribution in [0.3, 0.4) is 0 Å². The third kappa shape index (κ3) is 3.39. The molecule has 18 heavy (non-hydrogen) atoms. The Kier molecular flexibility index (Phi) is 4.59. The molecule has 98 valence electrons. The Balaban J connectivity index is 3.15. The molecule has 0 bridgehead atoms. The molecule has 3 nitrogen and oxygen atoms in total. The second kappa shape index (κ2) is 5.76. The number of nitrogens with one attached hydrogen (secondary N) is 1. The standard InChI is InChI=1S/C12H14F3N3/c1-2-3-4-11(18-17)9-7-8(12(13,14)15)5-6-10(9)16/h5-7,11,18H,4,16-17H2,1H3. The molecule has 1 rings (SSSR count). The van der Waals surface area contributed by atoms with Crippen LogP contribution in [0.1, 0.15) is 30.5 Å². The van der Waals surface area contributed by atoms with Crippen molar-refractivity contribution >= 4 is 5.69 Å². The number of hydrogen-bond donors (Lipinski definition) is 3. The number of alkyl halides is 3. The molecule has 6 heteroatoms. The summed E-state index contributed by atoms with van der Waals surface area (Å²) in [5.74, 6) is 10.7. The molecule has 1 aromatic rings. The summed E-state index contributed by atoms with van der Waals surface area (Å²) in [5, 5.41) is 0. The summed E-state index contributed by atoms with van der Waals surface area (Å²) in [7, 11) is 0. The van der Waals surface area contributed by atoms with Crippen LogP contribution in [0.2, 0.25) is 0 Å². The molecule has 5 N–H and O–H groups in total. The predicted molar refractivity (Wildman–Crippen MR) is 64.0 cm³/mol. The SMILES string of the molecule is CC#CCC(NN)c1cc(C(F)(F)F)ccc1N. The molecule has 0 aliphatic carbocycles. The number of hydrogen-bond acceptors (Lipinski definition) is 3. The maximum atomic E-state index is 12.6. The molecule has 0 amide bonds. The van der Waals surface area contributed by atoms with Gasteiger partial charge in [-0.1, -0.05) is 0 Å². The minimum Gasteiger partial charge on any atom is -0.398 e. The molecule has 0 saturated heterocycles. The molecule has 0 saturated carbocycles. The molecule has 0 aromatic heterocycles. The molecule has 0 radical (unpaired) electrons. The zero-order valence-electron chi connectivity index (χ0n) is 9.81. The lowest BCUT2D eigenvalue weighted by Gasteiger charge is -2.18. The first-order valence-corrected chi connectivity index (χ1v) is 5.22. The molecule has 0 fully saturated rings. The van der Waals surface area contributed by atoms with Crippen molar-refractivity contribution in [3.63, 3.8) is 0 Å². The summed E-state index contributed by atoms with van der Waals surface area (Å²) in [6.45, 7) is 1.64. The van der Waals surface area contributed by atoms with Crippen LogP contribution >= 0.6 is 0 Å². The van der Waals surface area contributed by atoms with Gasteiger partial charge in [-0.25, -0.2) is 0 Å². The Morgan fingerprint density at radius 3 is 2.56 bits per heavy atom. The lowest BCUT2D eigenvalue weighted by molar-refractivity contribution is -0.137. The zero-order chi connectivity index (χ0) is 13.8. The van der Waals surface area contributed by atoms with E-state index in [1.165, 1.54) is 6.07 Å². The number of nitrogens with two attached hydrogens (primary N) is 2. The van der Waals surface area contributed by atoms with Gasteiger partial charge in [0, 0.05) is 12.1 Å². The molecular weight excluding hydrogens is 243 g/mol. The van der Waals surface area contributed by atoms with Crippen LogP contribution < -0.4 is 17.0 Å². The van der Waals surface area contributed by atoms with Gasteiger partial charge in [-0.2, -0.15) is 13.2 Å². The number of hydrazine groups is 1. The van der Waals surface area contributed by atoms with Gasteiger partial charge in [-0.15, -0.1) is 11.8 Å². The van der Waals surface area contributed by atoms with Gasteiger partial charge in [-0.3, -0.25) is 11.3 Å². The van der Waals surface area contributed by atoms with Gasteiger partial charge in [0.2, 0.25) is 0 Å². The van der Waals surface area contributed by atoms with E-state index in [1.54, 1.807) is 6.92 Å². The summed E-state index contributed by atoms with van der Waals surface area (Å²) >= 11 is 0. The number of anilines is 1. The Bertz CT molecular complexity index is 472. The first kappa shape index (κ1) is 14.4. The Morgan fingerprint density at radius 2 is 2.06 bits per heavy atom. The van der Waals surface area contributed by atoms with Crippen LogP contribution in [0.5, 0.6) is 0 Å². The van der Waals surface area contributed by atoms with Crippen LogP contribution in [0, 0.1) is 11.8 Å². The highest BCUT2D eigenvalue weighted by molar-refractivity contribution is 5.51. The van der Waals surface area contributed by atoms with E-state index in [0.717, 1.165) is 12.1 Å². The van der Waals surface area contributed by atoms with Crippen molar-refractivity contribution in [2.24, 2.45) is 5.84 Å². The topological polar surface area (TPSA) is 64.1 Å². The van der Waals surface area contributed by atoms with Gasteiger partial charge in [0.15, 0.2) is 0 Å². The molecular formula is C12H14F3N3. The van der Waals surface area contributed by atoms with E-state index >= 15 is 0 Å². The van der Waals surface area contributed by atoms with Gasteiger partial charge in [0.05, 0.1) is 11.6 Å². The quantitative estimate of drug-likeness (QED) is 0.336. The van der Waals surface area contributed by atoms with E-state index < -0.39 is 17.8 Å². The first-order chi connectivity index (χ1) is 8.40. The van der Waals surface area contributed by atoms with Crippen LogP contribution in [0.15, 0.2) is 18.2 Å². The molecule has 0 spiro atoms. The Morgan fingerprint density at radius 1 is 1.39 bits per heavy atom. The summed E-state index contributed by atoms with van der Waals surface area (Å²) in [5.41, 5.74) is 7.89. The summed E-state index contributed by atoms with van der Waals surface area (Å²) in [6, 6.07) is 2.64. The van der Waals surface area contributed by atoms with Crippen molar-refractivity contribution in [1.82, 2.24) is 5.43 Å². The number of halogens is 3. The van der Waals surface area contributed by atoms with Gasteiger partial charge in [0.25, 0.3) is 0 Å². The smallest absolute Gasteiger partial charge is 0.398 e. The zero-order valence-corrected chi connectivity index (χ0v) is 9.81. The van der Waals surface area contributed by atoms with Gasteiger partial charge in [0.1, 0.15) is 0 Å². The van der Waals surface area contributed by atoms with Crippen molar-refractivity contribution < 1.29 is 13.2 Å². The van der Waals surface area contributed by atoms with Crippen molar-refractivity contribution in [3.8, 4) is 11.8 Å². The van der Waals surface area contributed by atoms with Gasteiger partial charge >= 0.3 is 6.18 Å². The fourth-order valence-electron chi connectivity index (χ4n) is 1.52. The second-order valence-corrected chi connectivity index (χ2v) is 3.69. The van der Waals surface area contributed by atoms with Crippen LogP contribution in [-0.2, 0) is 6.18 Å². The number of nitrogen functional groups attached to an aromatic ring is 1. The van der Waals surface area contributed by atoms with Gasteiger partial charge in [-0.05, 0) is 30.7 Å². The van der Waals surface area contributed by atoms with Crippen molar-refractivity contribution in [2.75, 3.05) is 5.73 Å². The second-order valence-electron chi connectivity index (χ2n) is 3.69. The maximum Gasteiger partial charge on any atom is 0.416 e. The van der Waals surface area contributed by atoms with E-state index in [1.807, 2.05) is 0 Å². The third-order valence-corrected chi connectivity index (χ3v) is 2.47. The predicted octanol–water partition coefficient (Wildman–Crippen LogP) is 2.21. The molecule has 1 atom stereocenters. The Labute approximate surface area is 103 Å². The normalized spacial score (nSPS) is 12.7. The van der Waals surface area contributed by atoms with Crippen molar-refractivity contribution in [3.05, 3.63) is 29.3 Å². The van der Waals surface area contributed by atoms with Crippen molar-refractivity contribution in [2.45, 2.75) is 25.6 Å². The monoisotopic (exact) mass is 257 g/mol.